The van der Waals surface area contributed by atoms with Gasteiger partial charge in [0.05, 0.1) is 0 Å². The minimum absolute atomic E-state index is 0.140. The first-order valence-electron chi connectivity index (χ1n) is 9.04. The first-order valence-corrected chi connectivity index (χ1v) is 9.04. The molecular weight excluding hydrogens is 336 g/mol. The van der Waals surface area contributed by atoms with Crippen molar-refractivity contribution in [2.24, 2.45) is 11.8 Å². The molecule has 2 fully saturated rings. The molecule has 7 heteroatoms. The first kappa shape index (κ1) is 15.5. The highest BCUT2D eigenvalue weighted by molar-refractivity contribution is 5.92. The summed E-state index contributed by atoms with van der Waals surface area (Å²) in [6.45, 7) is 0.362. The van der Waals surface area contributed by atoms with Crippen molar-refractivity contribution in [2.75, 3.05) is 6.79 Å². The maximum atomic E-state index is 12.4. The van der Waals surface area contributed by atoms with Crippen molar-refractivity contribution in [3.63, 3.8) is 0 Å². The lowest BCUT2D eigenvalue weighted by Gasteiger charge is -2.16. The lowest BCUT2D eigenvalue weighted by Crippen LogP contribution is -2.38. The zero-order chi connectivity index (χ0) is 17.5. The summed E-state index contributed by atoms with van der Waals surface area (Å²) in [5, 5.41) is 3.14. The number of ether oxygens (including phenoxy) is 3. The maximum Gasteiger partial charge on any atom is 0.273 e. The second-order valence-corrected chi connectivity index (χ2v) is 7.10. The van der Waals surface area contributed by atoms with E-state index < -0.39 is 0 Å². The van der Waals surface area contributed by atoms with E-state index in [0.717, 1.165) is 0 Å². The normalized spacial score (nSPS) is 18.2. The number of aromatic nitrogens is 1. The Kier molecular flexibility index (Phi) is 3.72. The van der Waals surface area contributed by atoms with Crippen molar-refractivity contribution < 1.29 is 23.4 Å². The predicted molar refractivity (Wildman–Crippen MR) is 90.1 cm³/mol. The van der Waals surface area contributed by atoms with Crippen molar-refractivity contribution in [1.82, 2.24) is 10.3 Å². The van der Waals surface area contributed by atoms with Gasteiger partial charge in [0.1, 0.15) is 12.0 Å². The van der Waals surface area contributed by atoms with E-state index in [0.29, 0.717) is 46.7 Å². The van der Waals surface area contributed by atoms with Crippen LogP contribution in [-0.4, -0.2) is 23.7 Å². The van der Waals surface area contributed by atoms with Gasteiger partial charge in [-0.2, -0.15) is 0 Å². The SMILES string of the molecule is O=C(NC(C1CC1)C1CC1)c1coc(COc2ccc3c(c2)OCO3)n1. The van der Waals surface area contributed by atoms with E-state index in [2.05, 4.69) is 10.3 Å². The second kappa shape index (κ2) is 6.23. The molecule has 0 bridgehead atoms. The Morgan fingerprint density at radius 3 is 2.73 bits per heavy atom. The summed E-state index contributed by atoms with van der Waals surface area (Å²) in [6.07, 6.45) is 6.26. The maximum absolute atomic E-state index is 12.4. The van der Waals surface area contributed by atoms with Gasteiger partial charge in [0, 0.05) is 12.1 Å². The number of carbonyl (C=O) groups is 1. The molecule has 1 aromatic heterocycles. The molecule has 7 nitrogen and oxygen atoms in total. The van der Waals surface area contributed by atoms with Gasteiger partial charge in [0.15, 0.2) is 23.8 Å². The Bertz CT molecular complexity index is 813. The molecule has 5 rings (SSSR count). The molecule has 0 spiro atoms. The van der Waals surface area contributed by atoms with Crippen LogP contribution in [0.1, 0.15) is 42.1 Å². The largest absolute Gasteiger partial charge is 0.484 e. The van der Waals surface area contributed by atoms with E-state index in [9.17, 15) is 4.79 Å². The van der Waals surface area contributed by atoms with Gasteiger partial charge in [0.2, 0.25) is 12.7 Å². The zero-order valence-corrected chi connectivity index (χ0v) is 14.3. The Morgan fingerprint density at radius 2 is 1.96 bits per heavy atom. The molecule has 2 saturated carbocycles. The summed E-state index contributed by atoms with van der Waals surface area (Å²) in [6, 6.07) is 5.64. The zero-order valence-electron chi connectivity index (χ0n) is 14.3. The fourth-order valence-electron chi connectivity index (χ4n) is 3.35. The Morgan fingerprint density at radius 1 is 1.19 bits per heavy atom. The third kappa shape index (κ3) is 3.21. The summed E-state index contributed by atoms with van der Waals surface area (Å²) < 4.78 is 21.6. The Hall–Kier alpha value is -2.70. The molecule has 26 heavy (non-hydrogen) atoms. The summed E-state index contributed by atoms with van der Waals surface area (Å²) in [5.74, 6) is 3.48. The third-order valence-corrected chi connectivity index (χ3v) is 5.05. The molecule has 0 atom stereocenters. The van der Waals surface area contributed by atoms with Crippen LogP contribution < -0.4 is 19.5 Å². The molecule has 136 valence electrons. The lowest BCUT2D eigenvalue weighted by molar-refractivity contribution is 0.0921. The Balaban J connectivity index is 1.19. The van der Waals surface area contributed by atoms with Crippen molar-refractivity contribution in [1.29, 1.82) is 0 Å². The lowest BCUT2D eigenvalue weighted by atomic mass is 10.1. The fraction of sp³-hybridized carbons (Fsp3) is 0.474. The molecule has 2 aromatic rings. The van der Waals surface area contributed by atoms with E-state index in [1.54, 1.807) is 18.2 Å². The van der Waals surface area contributed by atoms with Gasteiger partial charge in [0.25, 0.3) is 5.91 Å². The van der Waals surface area contributed by atoms with Crippen LogP contribution in [0, 0.1) is 11.8 Å². The summed E-state index contributed by atoms with van der Waals surface area (Å²) in [5.41, 5.74) is 0.306. The minimum Gasteiger partial charge on any atom is -0.484 e. The Labute approximate surface area is 150 Å². The highest BCUT2D eigenvalue weighted by Crippen LogP contribution is 2.44. The van der Waals surface area contributed by atoms with Crippen LogP contribution in [-0.2, 0) is 6.61 Å². The number of amides is 1. The summed E-state index contributed by atoms with van der Waals surface area (Å²) in [4.78, 5) is 16.7. The average Bonchev–Trinajstić information content (AvgIpc) is 3.57. The van der Waals surface area contributed by atoms with Crippen molar-refractivity contribution in [3.05, 3.63) is 36.0 Å². The molecular formula is C19H20N2O5. The molecule has 0 radical (unpaired) electrons. The number of fused-ring (bicyclic) bond motifs is 1. The average molecular weight is 356 g/mol. The minimum atomic E-state index is -0.160. The van der Waals surface area contributed by atoms with Gasteiger partial charge in [-0.1, -0.05) is 0 Å². The van der Waals surface area contributed by atoms with Crippen LogP contribution >= 0.6 is 0 Å². The highest BCUT2D eigenvalue weighted by atomic mass is 16.7. The molecule has 2 heterocycles. The third-order valence-electron chi connectivity index (χ3n) is 5.05. The van der Waals surface area contributed by atoms with Crippen LogP contribution in [0.4, 0.5) is 0 Å². The summed E-state index contributed by atoms with van der Waals surface area (Å²) >= 11 is 0. The number of nitrogens with zero attached hydrogens (tertiary/aromatic N) is 1. The topological polar surface area (TPSA) is 82.8 Å². The molecule has 1 aromatic carbocycles. The van der Waals surface area contributed by atoms with Crippen LogP contribution in [0.2, 0.25) is 0 Å². The van der Waals surface area contributed by atoms with Crippen molar-refractivity contribution in [2.45, 2.75) is 38.3 Å². The molecule has 1 N–H and O–H groups in total. The van der Waals surface area contributed by atoms with Gasteiger partial charge in [-0.05, 0) is 49.7 Å². The summed E-state index contributed by atoms with van der Waals surface area (Å²) in [7, 11) is 0. The fourth-order valence-corrected chi connectivity index (χ4v) is 3.35. The first-order chi connectivity index (χ1) is 12.8. The quantitative estimate of drug-likeness (QED) is 0.821. The van der Waals surface area contributed by atoms with Crippen LogP contribution in [0.5, 0.6) is 17.2 Å². The van der Waals surface area contributed by atoms with Crippen molar-refractivity contribution >= 4 is 5.91 Å². The van der Waals surface area contributed by atoms with Gasteiger partial charge < -0.3 is 23.9 Å². The molecule has 1 aliphatic heterocycles. The monoisotopic (exact) mass is 356 g/mol. The van der Waals surface area contributed by atoms with Crippen LogP contribution in [0.25, 0.3) is 0 Å². The highest BCUT2D eigenvalue weighted by Gasteiger charge is 2.42. The number of carbonyl (C=O) groups excluding carboxylic acids is 1. The molecule has 3 aliphatic rings. The number of hydrogen-bond acceptors (Lipinski definition) is 6. The van der Waals surface area contributed by atoms with Crippen LogP contribution in [0.15, 0.2) is 28.9 Å². The molecule has 0 saturated heterocycles. The van der Waals surface area contributed by atoms with E-state index in [1.165, 1.54) is 31.9 Å². The van der Waals surface area contributed by atoms with Gasteiger partial charge in [-0.3, -0.25) is 4.79 Å². The molecule has 1 amide bonds. The number of oxazole rings is 1. The van der Waals surface area contributed by atoms with E-state index in [4.69, 9.17) is 18.6 Å². The van der Waals surface area contributed by atoms with Gasteiger partial charge in [-0.15, -0.1) is 0 Å². The van der Waals surface area contributed by atoms with Gasteiger partial charge in [-0.25, -0.2) is 4.98 Å². The van der Waals surface area contributed by atoms with E-state index in [1.807, 2.05) is 0 Å². The number of rotatable bonds is 7. The number of nitrogens with one attached hydrogen (secondary N) is 1. The van der Waals surface area contributed by atoms with E-state index in [-0.39, 0.29) is 19.3 Å². The van der Waals surface area contributed by atoms with Crippen molar-refractivity contribution in [3.8, 4) is 17.2 Å². The number of hydrogen-bond donors (Lipinski definition) is 1. The number of benzene rings is 1. The van der Waals surface area contributed by atoms with E-state index >= 15 is 0 Å². The van der Waals surface area contributed by atoms with Gasteiger partial charge >= 0.3 is 0 Å². The standard InChI is InChI=1S/C19H20N2O5/c22-19(21-18(11-1-2-11)12-3-4-12)14-8-24-17(20-14)9-23-13-5-6-15-16(7-13)26-10-25-15/h5-8,11-12,18H,1-4,9-10H2,(H,21,22). The second-order valence-electron chi connectivity index (χ2n) is 7.10. The smallest absolute Gasteiger partial charge is 0.273 e. The van der Waals surface area contributed by atoms with Crippen LogP contribution in [0.3, 0.4) is 0 Å². The molecule has 0 unspecified atom stereocenters. The predicted octanol–water partition coefficient (Wildman–Crippen LogP) is 2.90. The molecule has 2 aliphatic carbocycles.